The molecule has 0 saturated carbocycles. The molecular weight excluding hydrogens is 136 g/mol. The van der Waals surface area contributed by atoms with Crippen molar-refractivity contribution in [1.29, 1.82) is 0 Å². The van der Waals surface area contributed by atoms with Gasteiger partial charge in [-0.2, -0.15) is 0 Å². The summed E-state index contributed by atoms with van der Waals surface area (Å²) in [6, 6.07) is 0. The van der Waals surface area contributed by atoms with Crippen LogP contribution in [0, 0.1) is 12.3 Å². The number of terminal acetylenes is 1. The molecule has 0 aliphatic carbocycles. The second-order valence-electron chi connectivity index (χ2n) is 1.61. The number of rotatable bonds is 0. The zero-order valence-electron chi connectivity index (χ0n) is 4.93. The Labute approximate surface area is 58.5 Å². The molecule has 0 aliphatic heterocycles. The lowest BCUT2D eigenvalue weighted by atomic mass is 10.6. The first kappa shape index (κ1) is 6.18. The molecule has 1 heterocycles. The maximum atomic E-state index is 5.61. The minimum absolute atomic E-state index is 0.556. The van der Waals surface area contributed by atoms with Gasteiger partial charge in [-0.3, -0.25) is 0 Å². The maximum Gasteiger partial charge on any atom is 0.185 e. The van der Waals surface area contributed by atoms with Crippen LogP contribution in [0.4, 0.5) is 0 Å². The van der Waals surface area contributed by atoms with Crippen molar-refractivity contribution in [2.24, 2.45) is 7.05 Å². The summed E-state index contributed by atoms with van der Waals surface area (Å²) in [6.07, 6.45) is 6.60. The third-order valence-corrected chi connectivity index (χ3v) is 1.41. The van der Waals surface area contributed by atoms with E-state index in [4.69, 9.17) is 18.0 Å². The summed E-state index contributed by atoms with van der Waals surface area (Å²) < 4.78 is 1.64. The summed E-state index contributed by atoms with van der Waals surface area (Å²) >= 11 is 5.61. The Morgan fingerprint density at radius 3 is 2.78 bits per heavy atom. The van der Waals surface area contributed by atoms with Crippen LogP contribution in [0.15, 0.2) is 6.20 Å². The summed E-state index contributed by atoms with van der Waals surface area (Å²) in [5.41, 5.74) is 0. The van der Waals surface area contributed by atoms with Gasteiger partial charge < -0.3 is 4.57 Å². The van der Waals surface area contributed by atoms with E-state index in [0.29, 0.717) is 11.0 Å². The van der Waals surface area contributed by atoms with Crippen LogP contribution in [0.3, 0.4) is 0 Å². The fourth-order valence-electron chi connectivity index (χ4n) is 0.523. The minimum atomic E-state index is 0.556. The fourth-order valence-corrected chi connectivity index (χ4v) is 0.652. The molecule has 0 unspecified atom stereocenters. The highest BCUT2D eigenvalue weighted by Gasteiger charge is 1.98. The maximum absolute atomic E-state index is 5.61. The molecule has 1 aromatic rings. The van der Waals surface area contributed by atoms with Crippen molar-refractivity contribution >= 4 is 11.6 Å². The number of aromatic nitrogens is 2. The monoisotopic (exact) mass is 140 g/mol. The first-order valence-electron chi connectivity index (χ1n) is 2.39. The van der Waals surface area contributed by atoms with Crippen LogP contribution in [-0.2, 0) is 7.05 Å². The molecule has 1 aromatic heterocycles. The highest BCUT2D eigenvalue weighted by atomic mass is 35.5. The van der Waals surface area contributed by atoms with Crippen LogP contribution in [0.5, 0.6) is 0 Å². The van der Waals surface area contributed by atoms with Crippen LogP contribution in [0.25, 0.3) is 0 Å². The highest BCUT2D eigenvalue weighted by Crippen LogP contribution is 2.06. The Balaban J connectivity index is 3.24. The average molecular weight is 141 g/mol. The van der Waals surface area contributed by atoms with Crippen LogP contribution < -0.4 is 0 Å². The van der Waals surface area contributed by atoms with E-state index in [1.165, 1.54) is 6.20 Å². The SMILES string of the molecule is C#Cc1ncc(Cl)n1C. The van der Waals surface area contributed by atoms with Gasteiger partial charge in [0.05, 0.1) is 6.20 Å². The molecule has 9 heavy (non-hydrogen) atoms. The van der Waals surface area contributed by atoms with Gasteiger partial charge in [0.2, 0.25) is 0 Å². The lowest BCUT2D eigenvalue weighted by Crippen LogP contribution is -1.91. The first-order valence-corrected chi connectivity index (χ1v) is 2.77. The van der Waals surface area contributed by atoms with Gasteiger partial charge in [0.15, 0.2) is 5.82 Å². The zero-order valence-corrected chi connectivity index (χ0v) is 5.68. The molecule has 0 spiro atoms. The summed E-state index contributed by atoms with van der Waals surface area (Å²) in [7, 11) is 1.77. The van der Waals surface area contributed by atoms with Crippen molar-refractivity contribution < 1.29 is 0 Å². The van der Waals surface area contributed by atoms with Crippen LogP contribution in [0.1, 0.15) is 5.82 Å². The van der Waals surface area contributed by atoms with Crippen molar-refractivity contribution in [2.75, 3.05) is 0 Å². The summed E-state index contributed by atoms with van der Waals surface area (Å²) in [6.45, 7) is 0. The topological polar surface area (TPSA) is 17.8 Å². The van der Waals surface area contributed by atoms with E-state index in [9.17, 15) is 0 Å². The van der Waals surface area contributed by atoms with Gasteiger partial charge in [-0.15, -0.1) is 6.42 Å². The largest absolute Gasteiger partial charge is 0.312 e. The molecular formula is C6H5ClN2. The summed E-state index contributed by atoms with van der Waals surface area (Å²) in [5.74, 6) is 2.94. The van der Waals surface area contributed by atoms with Gasteiger partial charge >= 0.3 is 0 Å². The number of hydrogen-bond acceptors (Lipinski definition) is 1. The third-order valence-electron chi connectivity index (χ3n) is 1.06. The second-order valence-corrected chi connectivity index (χ2v) is 2.00. The van der Waals surface area contributed by atoms with E-state index in [2.05, 4.69) is 10.9 Å². The highest BCUT2D eigenvalue weighted by molar-refractivity contribution is 6.29. The first-order chi connectivity index (χ1) is 4.25. The Morgan fingerprint density at radius 2 is 2.56 bits per heavy atom. The molecule has 0 aromatic carbocycles. The molecule has 1 rings (SSSR count). The fraction of sp³-hybridized carbons (Fsp3) is 0.167. The molecule has 0 atom stereocenters. The average Bonchev–Trinajstić information content (AvgIpc) is 2.15. The molecule has 0 bridgehead atoms. The van der Waals surface area contributed by atoms with Gasteiger partial charge in [-0.25, -0.2) is 4.98 Å². The van der Waals surface area contributed by atoms with Crippen molar-refractivity contribution in [3.8, 4) is 12.3 Å². The molecule has 0 saturated heterocycles. The number of nitrogens with zero attached hydrogens (tertiary/aromatic N) is 2. The lowest BCUT2D eigenvalue weighted by Gasteiger charge is -1.91. The number of imidazole rings is 1. The van der Waals surface area contributed by atoms with Crippen LogP contribution >= 0.6 is 11.6 Å². The molecule has 0 fully saturated rings. The Bertz CT molecular complexity index is 257. The van der Waals surface area contributed by atoms with E-state index < -0.39 is 0 Å². The van der Waals surface area contributed by atoms with E-state index in [1.54, 1.807) is 11.6 Å². The van der Waals surface area contributed by atoms with E-state index in [0.717, 1.165) is 0 Å². The molecule has 0 amide bonds. The number of halogens is 1. The van der Waals surface area contributed by atoms with Gasteiger partial charge in [-0.05, 0) is 5.92 Å². The van der Waals surface area contributed by atoms with Crippen molar-refractivity contribution in [2.45, 2.75) is 0 Å². The van der Waals surface area contributed by atoms with Gasteiger partial charge in [0.25, 0.3) is 0 Å². The van der Waals surface area contributed by atoms with Gasteiger partial charge in [0, 0.05) is 7.05 Å². The smallest absolute Gasteiger partial charge is 0.185 e. The van der Waals surface area contributed by atoms with Crippen molar-refractivity contribution in [3.05, 3.63) is 17.2 Å². The summed E-state index contributed by atoms with van der Waals surface area (Å²) in [4.78, 5) is 3.83. The van der Waals surface area contributed by atoms with E-state index in [-0.39, 0.29) is 0 Å². The van der Waals surface area contributed by atoms with Gasteiger partial charge in [0.1, 0.15) is 5.15 Å². The Hall–Kier alpha value is -0.940. The predicted molar refractivity (Wildman–Crippen MR) is 36.2 cm³/mol. The normalized spacial score (nSPS) is 9.00. The van der Waals surface area contributed by atoms with Crippen LogP contribution in [-0.4, -0.2) is 9.55 Å². The Morgan fingerprint density at radius 1 is 1.89 bits per heavy atom. The summed E-state index contributed by atoms with van der Waals surface area (Å²) in [5, 5.41) is 0.558. The standard InChI is InChI=1S/C6H5ClN2/c1-3-6-8-4-5(7)9(6)2/h1,4H,2H3. The third kappa shape index (κ3) is 0.914. The molecule has 0 radical (unpaired) electrons. The second kappa shape index (κ2) is 2.12. The molecule has 2 nitrogen and oxygen atoms in total. The van der Waals surface area contributed by atoms with Crippen LogP contribution in [0.2, 0.25) is 5.15 Å². The zero-order chi connectivity index (χ0) is 6.85. The quantitative estimate of drug-likeness (QED) is 0.493. The Kier molecular flexibility index (Phi) is 1.46. The lowest BCUT2D eigenvalue weighted by molar-refractivity contribution is 0.894. The van der Waals surface area contributed by atoms with Crippen molar-refractivity contribution in [1.82, 2.24) is 9.55 Å². The van der Waals surface area contributed by atoms with E-state index in [1.807, 2.05) is 0 Å². The van der Waals surface area contributed by atoms with Gasteiger partial charge in [-0.1, -0.05) is 11.6 Å². The minimum Gasteiger partial charge on any atom is -0.312 e. The molecule has 0 aliphatic rings. The van der Waals surface area contributed by atoms with Crippen molar-refractivity contribution in [3.63, 3.8) is 0 Å². The molecule has 46 valence electrons. The van der Waals surface area contributed by atoms with E-state index >= 15 is 0 Å². The number of hydrogen-bond donors (Lipinski definition) is 0. The predicted octanol–water partition coefficient (Wildman–Crippen LogP) is 1.05. The molecule has 0 N–H and O–H groups in total. The molecule has 3 heteroatoms.